The summed E-state index contributed by atoms with van der Waals surface area (Å²) >= 11 is 0. The molecule has 0 aromatic carbocycles. The number of hydrogen-bond acceptors (Lipinski definition) is 3. The number of hydrogen-bond donors (Lipinski definition) is 1. The molecule has 98 valence electrons. The highest BCUT2D eigenvalue weighted by atomic mass is 16.1. The SMILES string of the molecule is C#CCCCCNc1nccn(CC(C)C)c1=O. The van der Waals surface area contributed by atoms with E-state index in [1.807, 2.05) is 0 Å². The molecule has 0 aliphatic carbocycles. The van der Waals surface area contributed by atoms with E-state index < -0.39 is 0 Å². The zero-order valence-electron chi connectivity index (χ0n) is 11.1. The van der Waals surface area contributed by atoms with Gasteiger partial charge in [0.1, 0.15) is 0 Å². The Bertz CT molecular complexity index is 457. The highest BCUT2D eigenvalue weighted by Crippen LogP contribution is 2.00. The molecule has 0 amide bonds. The number of unbranched alkanes of at least 4 members (excludes halogenated alkanes) is 2. The predicted octanol–water partition coefficient (Wildman–Crippen LogP) is 2.11. The topological polar surface area (TPSA) is 46.9 Å². The summed E-state index contributed by atoms with van der Waals surface area (Å²) < 4.78 is 1.70. The van der Waals surface area contributed by atoms with Gasteiger partial charge in [-0.15, -0.1) is 12.3 Å². The van der Waals surface area contributed by atoms with Gasteiger partial charge in [-0.2, -0.15) is 0 Å². The molecule has 0 fully saturated rings. The van der Waals surface area contributed by atoms with E-state index in [1.165, 1.54) is 0 Å². The lowest BCUT2D eigenvalue weighted by atomic mass is 10.2. The first-order valence-corrected chi connectivity index (χ1v) is 6.38. The Kier molecular flexibility index (Phi) is 5.99. The van der Waals surface area contributed by atoms with Gasteiger partial charge in [-0.25, -0.2) is 4.98 Å². The molecule has 1 aromatic heterocycles. The molecule has 0 saturated heterocycles. The average molecular weight is 247 g/mol. The molecule has 0 atom stereocenters. The molecule has 1 rings (SSSR count). The molecule has 4 nitrogen and oxygen atoms in total. The minimum atomic E-state index is -0.0526. The van der Waals surface area contributed by atoms with Crippen LogP contribution in [0.4, 0.5) is 5.82 Å². The van der Waals surface area contributed by atoms with Gasteiger partial charge in [-0.1, -0.05) is 13.8 Å². The summed E-state index contributed by atoms with van der Waals surface area (Å²) in [6.07, 6.45) is 11.3. The van der Waals surface area contributed by atoms with E-state index >= 15 is 0 Å². The van der Waals surface area contributed by atoms with Crippen LogP contribution in [0, 0.1) is 18.3 Å². The van der Waals surface area contributed by atoms with Crippen LogP contribution in [0.1, 0.15) is 33.1 Å². The standard InChI is InChI=1S/C14H21N3O/c1-4-5-6-7-8-15-13-14(18)17(10-9-16-13)11-12(2)3/h1,9-10,12H,5-8,11H2,2-3H3,(H,15,16). The number of anilines is 1. The molecule has 0 radical (unpaired) electrons. The minimum absolute atomic E-state index is 0.0526. The van der Waals surface area contributed by atoms with Crippen molar-refractivity contribution in [2.24, 2.45) is 5.92 Å². The second-order valence-electron chi connectivity index (χ2n) is 4.72. The van der Waals surface area contributed by atoms with Gasteiger partial charge in [0.05, 0.1) is 0 Å². The summed E-state index contributed by atoms with van der Waals surface area (Å²) in [7, 11) is 0. The molecule has 0 unspecified atom stereocenters. The van der Waals surface area contributed by atoms with Crippen LogP contribution in [-0.2, 0) is 6.54 Å². The number of terminal acetylenes is 1. The fourth-order valence-corrected chi connectivity index (χ4v) is 1.66. The van der Waals surface area contributed by atoms with E-state index in [9.17, 15) is 4.79 Å². The largest absolute Gasteiger partial charge is 0.365 e. The smallest absolute Gasteiger partial charge is 0.293 e. The first kappa shape index (κ1) is 14.3. The third kappa shape index (κ3) is 4.62. The van der Waals surface area contributed by atoms with Gasteiger partial charge >= 0.3 is 0 Å². The fourth-order valence-electron chi connectivity index (χ4n) is 1.66. The van der Waals surface area contributed by atoms with E-state index in [4.69, 9.17) is 6.42 Å². The summed E-state index contributed by atoms with van der Waals surface area (Å²) in [4.78, 5) is 16.1. The maximum Gasteiger partial charge on any atom is 0.293 e. The van der Waals surface area contributed by atoms with E-state index in [1.54, 1.807) is 17.0 Å². The Hall–Kier alpha value is -1.76. The Morgan fingerprint density at radius 2 is 2.28 bits per heavy atom. The lowest BCUT2D eigenvalue weighted by Gasteiger charge is -2.10. The molecule has 1 aromatic rings. The van der Waals surface area contributed by atoms with E-state index in [0.29, 0.717) is 18.3 Å². The average Bonchev–Trinajstić information content (AvgIpc) is 2.33. The third-order valence-electron chi connectivity index (χ3n) is 2.52. The van der Waals surface area contributed by atoms with Gasteiger partial charge in [0.25, 0.3) is 5.56 Å². The predicted molar refractivity (Wildman–Crippen MR) is 74.5 cm³/mol. The van der Waals surface area contributed by atoms with Crippen LogP contribution >= 0.6 is 0 Å². The molecular formula is C14H21N3O. The van der Waals surface area contributed by atoms with Crippen molar-refractivity contribution in [2.75, 3.05) is 11.9 Å². The monoisotopic (exact) mass is 247 g/mol. The van der Waals surface area contributed by atoms with Crippen molar-refractivity contribution in [3.05, 3.63) is 22.7 Å². The molecule has 0 bridgehead atoms. The van der Waals surface area contributed by atoms with Gasteiger partial charge in [-0.05, 0) is 18.8 Å². The van der Waals surface area contributed by atoms with Crippen LogP contribution < -0.4 is 10.9 Å². The highest BCUT2D eigenvalue weighted by molar-refractivity contribution is 5.30. The van der Waals surface area contributed by atoms with Crippen molar-refractivity contribution in [1.82, 2.24) is 9.55 Å². The van der Waals surface area contributed by atoms with Crippen LogP contribution in [0.25, 0.3) is 0 Å². The van der Waals surface area contributed by atoms with Crippen LogP contribution in [-0.4, -0.2) is 16.1 Å². The van der Waals surface area contributed by atoms with Crippen LogP contribution in [0.15, 0.2) is 17.2 Å². The molecule has 0 spiro atoms. The van der Waals surface area contributed by atoms with Gasteiger partial charge < -0.3 is 9.88 Å². The van der Waals surface area contributed by atoms with E-state index in [2.05, 4.69) is 30.1 Å². The van der Waals surface area contributed by atoms with Gasteiger partial charge in [0.2, 0.25) is 0 Å². The van der Waals surface area contributed by atoms with Gasteiger partial charge in [-0.3, -0.25) is 4.79 Å². The molecule has 18 heavy (non-hydrogen) atoms. The van der Waals surface area contributed by atoms with Crippen molar-refractivity contribution in [2.45, 2.75) is 39.7 Å². The summed E-state index contributed by atoms with van der Waals surface area (Å²) in [6.45, 7) is 5.61. The Labute approximate surface area is 108 Å². The molecular weight excluding hydrogens is 226 g/mol. The Balaban J connectivity index is 2.56. The maximum atomic E-state index is 12.0. The zero-order valence-corrected chi connectivity index (χ0v) is 11.1. The number of rotatable bonds is 7. The molecule has 4 heteroatoms. The van der Waals surface area contributed by atoms with Crippen LogP contribution in [0.2, 0.25) is 0 Å². The minimum Gasteiger partial charge on any atom is -0.365 e. The maximum absolute atomic E-state index is 12.0. The fraction of sp³-hybridized carbons (Fsp3) is 0.571. The van der Waals surface area contributed by atoms with Crippen molar-refractivity contribution in [3.8, 4) is 12.3 Å². The van der Waals surface area contributed by atoms with Crippen LogP contribution in [0.5, 0.6) is 0 Å². The summed E-state index contributed by atoms with van der Waals surface area (Å²) in [5.41, 5.74) is -0.0526. The Morgan fingerprint density at radius 3 is 2.94 bits per heavy atom. The van der Waals surface area contributed by atoms with Crippen molar-refractivity contribution < 1.29 is 0 Å². The molecule has 0 aliphatic heterocycles. The molecule has 1 heterocycles. The number of aromatic nitrogens is 2. The van der Waals surface area contributed by atoms with Crippen molar-refractivity contribution in [1.29, 1.82) is 0 Å². The highest BCUT2D eigenvalue weighted by Gasteiger charge is 2.05. The summed E-state index contributed by atoms with van der Waals surface area (Å²) in [5, 5.41) is 3.07. The number of nitrogens with zero attached hydrogens (tertiary/aromatic N) is 2. The normalized spacial score (nSPS) is 10.3. The zero-order chi connectivity index (χ0) is 13.4. The van der Waals surface area contributed by atoms with E-state index in [0.717, 1.165) is 25.8 Å². The van der Waals surface area contributed by atoms with E-state index in [-0.39, 0.29) is 5.56 Å². The van der Waals surface area contributed by atoms with Gasteiger partial charge in [0.15, 0.2) is 5.82 Å². The second-order valence-corrected chi connectivity index (χ2v) is 4.72. The van der Waals surface area contributed by atoms with Gasteiger partial charge in [0, 0.05) is 31.9 Å². The number of nitrogens with one attached hydrogen (secondary N) is 1. The summed E-state index contributed by atoms with van der Waals surface area (Å²) in [5.74, 6) is 3.47. The third-order valence-corrected chi connectivity index (χ3v) is 2.52. The quantitative estimate of drug-likeness (QED) is 0.593. The van der Waals surface area contributed by atoms with Crippen LogP contribution in [0.3, 0.4) is 0 Å². The second kappa shape index (κ2) is 7.54. The molecule has 0 aliphatic rings. The molecule has 1 N–H and O–H groups in total. The lowest BCUT2D eigenvalue weighted by molar-refractivity contribution is 0.509. The Morgan fingerprint density at radius 1 is 1.50 bits per heavy atom. The molecule has 0 saturated carbocycles. The van der Waals surface area contributed by atoms with Crippen molar-refractivity contribution in [3.63, 3.8) is 0 Å². The first-order chi connectivity index (χ1) is 8.65. The summed E-state index contributed by atoms with van der Waals surface area (Å²) in [6, 6.07) is 0. The van der Waals surface area contributed by atoms with Crippen molar-refractivity contribution >= 4 is 5.82 Å². The first-order valence-electron chi connectivity index (χ1n) is 6.38. The lowest BCUT2D eigenvalue weighted by Crippen LogP contribution is -2.26.